The van der Waals surface area contributed by atoms with Gasteiger partial charge in [0.1, 0.15) is 5.75 Å². The van der Waals surface area contributed by atoms with Crippen molar-refractivity contribution in [1.82, 2.24) is 14.8 Å². The van der Waals surface area contributed by atoms with Crippen LogP contribution in [0.3, 0.4) is 0 Å². The molecule has 5 nitrogen and oxygen atoms in total. The number of fused-ring (bicyclic) bond motifs is 1. The van der Waals surface area contributed by atoms with Crippen molar-refractivity contribution in [2.45, 2.75) is 13.5 Å². The molecule has 3 aromatic rings. The number of nitrogens with one attached hydrogen (secondary N) is 1. The van der Waals surface area contributed by atoms with Crippen LogP contribution in [0, 0.1) is 6.92 Å². The molecular weight excluding hydrogens is 254 g/mol. The molecule has 1 N–H and O–H groups in total. The smallest absolute Gasteiger partial charge is 0.262 e. The van der Waals surface area contributed by atoms with E-state index in [9.17, 15) is 4.79 Å². The summed E-state index contributed by atoms with van der Waals surface area (Å²) in [6.07, 6.45) is 1.57. The van der Waals surface area contributed by atoms with Crippen molar-refractivity contribution in [3.63, 3.8) is 0 Å². The van der Waals surface area contributed by atoms with Gasteiger partial charge >= 0.3 is 0 Å². The summed E-state index contributed by atoms with van der Waals surface area (Å²) in [5.41, 5.74) is 2.71. The number of aromatic nitrogens is 3. The van der Waals surface area contributed by atoms with Gasteiger partial charge in [0.05, 0.1) is 30.8 Å². The maximum atomic E-state index is 12.4. The first-order chi connectivity index (χ1) is 9.69. The molecule has 0 aliphatic heterocycles. The van der Waals surface area contributed by atoms with Crippen LogP contribution in [0.4, 0.5) is 0 Å². The molecule has 0 aliphatic carbocycles. The first-order valence-electron chi connectivity index (χ1n) is 6.35. The Hall–Kier alpha value is -2.56. The number of hydrogen-bond acceptors (Lipinski definition) is 3. The Morgan fingerprint density at radius 2 is 2.05 bits per heavy atom. The minimum Gasteiger partial charge on any atom is -0.497 e. The molecule has 1 aromatic carbocycles. The van der Waals surface area contributed by atoms with Crippen molar-refractivity contribution in [1.29, 1.82) is 0 Å². The van der Waals surface area contributed by atoms with Gasteiger partial charge < -0.3 is 9.30 Å². The number of pyridine rings is 1. The Kier molecular flexibility index (Phi) is 3.02. The predicted octanol–water partition coefficient (Wildman–Crippen LogP) is 2.09. The monoisotopic (exact) mass is 269 g/mol. The lowest BCUT2D eigenvalue weighted by Gasteiger charge is -2.10. The van der Waals surface area contributed by atoms with Gasteiger partial charge in [-0.2, -0.15) is 5.10 Å². The summed E-state index contributed by atoms with van der Waals surface area (Å²) in [5.74, 6) is 0.808. The van der Waals surface area contributed by atoms with E-state index in [1.165, 1.54) is 0 Å². The van der Waals surface area contributed by atoms with E-state index < -0.39 is 0 Å². The van der Waals surface area contributed by atoms with Crippen LogP contribution in [0.25, 0.3) is 10.9 Å². The molecule has 0 saturated heterocycles. The van der Waals surface area contributed by atoms with E-state index in [0.29, 0.717) is 11.9 Å². The maximum absolute atomic E-state index is 12.4. The summed E-state index contributed by atoms with van der Waals surface area (Å²) in [7, 11) is 1.64. The molecule has 102 valence electrons. The minimum absolute atomic E-state index is 0.0235. The highest BCUT2D eigenvalue weighted by Gasteiger charge is 2.08. The summed E-state index contributed by atoms with van der Waals surface area (Å²) in [6.45, 7) is 2.46. The number of benzene rings is 1. The summed E-state index contributed by atoms with van der Waals surface area (Å²) in [4.78, 5) is 12.4. The number of aromatic amines is 1. The molecule has 0 aliphatic rings. The average molecular weight is 269 g/mol. The van der Waals surface area contributed by atoms with E-state index in [-0.39, 0.29) is 5.56 Å². The van der Waals surface area contributed by atoms with Gasteiger partial charge in [0, 0.05) is 5.69 Å². The number of hydrogen-bond donors (Lipinski definition) is 1. The molecule has 5 heteroatoms. The van der Waals surface area contributed by atoms with Gasteiger partial charge in [-0.1, -0.05) is 12.1 Å². The zero-order valence-electron chi connectivity index (χ0n) is 11.4. The number of nitrogens with zero attached hydrogens (tertiary/aromatic N) is 2. The molecule has 2 aromatic heterocycles. The second-order valence-corrected chi connectivity index (χ2v) is 4.72. The fourth-order valence-corrected chi connectivity index (χ4v) is 2.28. The molecule has 0 unspecified atom stereocenters. The topological polar surface area (TPSA) is 59.9 Å². The van der Waals surface area contributed by atoms with Gasteiger partial charge in [-0.3, -0.25) is 9.89 Å². The van der Waals surface area contributed by atoms with Crippen molar-refractivity contribution < 1.29 is 4.74 Å². The summed E-state index contributed by atoms with van der Waals surface area (Å²) >= 11 is 0. The lowest BCUT2D eigenvalue weighted by atomic mass is 10.2. The second-order valence-electron chi connectivity index (χ2n) is 4.72. The Morgan fingerprint density at radius 3 is 2.75 bits per heavy atom. The first-order valence-corrected chi connectivity index (χ1v) is 6.35. The summed E-state index contributed by atoms with van der Waals surface area (Å²) in [5, 5.41) is 7.36. The van der Waals surface area contributed by atoms with E-state index in [1.54, 1.807) is 17.9 Å². The van der Waals surface area contributed by atoms with Crippen LogP contribution < -0.4 is 10.3 Å². The molecule has 0 saturated carbocycles. The highest BCUT2D eigenvalue weighted by atomic mass is 16.5. The number of aryl methyl sites for hydroxylation is 1. The van der Waals surface area contributed by atoms with Gasteiger partial charge in [-0.15, -0.1) is 0 Å². The van der Waals surface area contributed by atoms with Crippen LogP contribution in [0.5, 0.6) is 5.75 Å². The fraction of sp³-hybridized carbons (Fsp3) is 0.200. The molecule has 0 radical (unpaired) electrons. The van der Waals surface area contributed by atoms with Crippen molar-refractivity contribution >= 4 is 10.9 Å². The minimum atomic E-state index is -0.0235. The standard InChI is InChI=1S/C15H15N3O2/c1-10-7-14-13(8-16-17-14)15(19)18(10)9-11-3-5-12(20-2)6-4-11/h3-8H,9H2,1-2H3,(H,16,17). The number of H-pyrrole nitrogens is 1. The average Bonchev–Trinajstić information content (AvgIpc) is 2.92. The highest BCUT2D eigenvalue weighted by Crippen LogP contribution is 2.14. The van der Waals surface area contributed by atoms with Crippen LogP contribution in [0.1, 0.15) is 11.3 Å². The van der Waals surface area contributed by atoms with Crippen molar-refractivity contribution in [3.05, 3.63) is 58.1 Å². The van der Waals surface area contributed by atoms with Gasteiger partial charge in [0.2, 0.25) is 0 Å². The molecule has 0 fully saturated rings. The third-order valence-corrected chi connectivity index (χ3v) is 3.42. The van der Waals surface area contributed by atoms with Crippen molar-refractivity contribution in [3.8, 4) is 5.75 Å². The zero-order valence-corrected chi connectivity index (χ0v) is 11.4. The number of rotatable bonds is 3. The predicted molar refractivity (Wildman–Crippen MR) is 77.2 cm³/mol. The third kappa shape index (κ3) is 2.07. The molecule has 2 heterocycles. The molecular formula is C15H15N3O2. The lowest BCUT2D eigenvalue weighted by Crippen LogP contribution is -2.22. The third-order valence-electron chi connectivity index (χ3n) is 3.42. The lowest BCUT2D eigenvalue weighted by molar-refractivity contribution is 0.414. The van der Waals surface area contributed by atoms with Crippen molar-refractivity contribution in [2.75, 3.05) is 7.11 Å². The molecule has 0 bridgehead atoms. The summed E-state index contributed by atoms with van der Waals surface area (Å²) < 4.78 is 6.88. The first kappa shape index (κ1) is 12.5. The SMILES string of the molecule is COc1ccc(Cn2c(C)cc3[nH]ncc3c2=O)cc1. The Balaban J connectivity index is 2.03. The fourth-order valence-electron chi connectivity index (χ4n) is 2.28. The molecule has 20 heavy (non-hydrogen) atoms. The quantitative estimate of drug-likeness (QED) is 0.792. The maximum Gasteiger partial charge on any atom is 0.262 e. The largest absolute Gasteiger partial charge is 0.497 e. The van der Waals surface area contributed by atoms with Crippen LogP contribution >= 0.6 is 0 Å². The van der Waals surface area contributed by atoms with E-state index in [2.05, 4.69) is 10.2 Å². The van der Waals surface area contributed by atoms with Gasteiger partial charge in [-0.05, 0) is 30.7 Å². The number of ether oxygens (including phenoxy) is 1. The Bertz CT molecular complexity index is 800. The van der Waals surface area contributed by atoms with E-state index in [0.717, 1.165) is 22.5 Å². The van der Waals surface area contributed by atoms with Crippen LogP contribution in [-0.4, -0.2) is 21.9 Å². The van der Waals surface area contributed by atoms with Crippen LogP contribution in [-0.2, 0) is 6.54 Å². The molecule has 0 atom stereocenters. The molecule has 3 rings (SSSR count). The van der Waals surface area contributed by atoms with E-state index >= 15 is 0 Å². The highest BCUT2D eigenvalue weighted by molar-refractivity contribution is 5.77. The van der Waals surface area contributed by atoms with Crippen molar-refractivity contribution in [2.24, 2.45) is 0 Å². The van der Waals surface area contributed by atoms with E-state index in [1.807, 2.05) is 37.3 Å². The number of methoxy groups -OCH3 is 1. The molecule has 0 spiro atoms. The van der Waals surface area contributed by atoms with Crippen LogP contribution in [0.2, 0.25) is 0 Å². The normalized spacial score (nSPS) is 10.9. The molecule has 0 amide bonds. The second kappa shape index (κ2) is 4.85. The Morgan fingerprint density at radius 1 is 1.30 bits per heavy atom. The van der Waals surface area contributed by atoms with Gasteiger partial charge in [0.15, 0.2) is 0 Å². The van der Waals surface area contributed by atoms with E-state index in [4.69, 9.17) is 4.74 Å². The van der Waals surface area contributed by atoms with Gasteiger partial charge in [0.25, 0.3) is 5.56 Å². The summed E-state index contributed by atoms with van der Waals surface area (Å²) in [6, 6.07) is 9.65. The zero-order chi connectivity index (χ0) is 14.1. The van der Waals surface area contributed by atoms with Crippen LogP contribution in [0.15, 0.2) is 41.3 Å². The Labute approximate surface area is 115 Å². The van der Waals surface area contributed by atoms with Gasteiger partial charge in [-0.25, -0.2) is 0 Å².